The highest BCUT2D eigenvalue weighted by Gasteiger charge is 2.02. The molecule has 2 rings (SSSR count). The molecule has 0 bridgehead atoms. The number of unbranched alkanes of at least 4 members (excludes halogenated alkanes) is 1. The fourth-order valence-electron chi connectivity index (χ4n) is 3.07. The van der Waals surface area contributed by atoms with Crippen LogP contribution >= 0.6 is 0 Å². The van der Waals surface area contributed by atoms with Crippen molar-refractivity contribution in [3.05, 3.63) is 76.9 Å². The van der Waals surface area contributed by atoms with Crippen molar-refractivity contribution in [2.24, 2.45) is 5.73 Å². The van der Waals surface area contributed by atoms with Crippen molar-refractivity contribution in [2.45, 2.75) is 51.9 Å². The van der Waals surface area contributed by atoms with E-state index in [0.29, 0.717) is 5.92 Å². The van der Waals surface area contributed by atoms with Crippen LogP contribution in [-0.2, 0) is 12.8 Å². The van der Waals surface area contributed by atoms with Crippen LogP contribution in [-0.4, -0.2) is 6.54 Å². The Hall–Kier alpha value is -1.86. The number of rotatable bonds is 9. The Morgan fingerprint density at radius 1 is 0.917 bits per heavy atom. The molecule has 0 aliphatic heterocycles. The Balaban J connectivity index is 1.83. The molecule has 2 aromatic rings. The molecule has 0 fully saturated rings. The summed E-state index contributed by atoms with van der Waals surface area (Å²) in [6, 6.07) is 17.7. The predicted octanol–water partition coefficient (Wildman–Crippen LogP) is 5.74. The largest absolute Gasteiger partial charge is 0.330 e. The quantitative estimate of drug-likeness (QED) is 0.586. The van der Waals surface area contributed by atoms with Gasteiger partial charge in [0.1, 0.15) is 0 Å². The van der Waals surface area contributed by atoms with Gasteiger partial charge in [-0.15, -0.1) is 0 Å². The molecule has 0 unspecified atom stereocenters. The number of allylic oxidation sites excluding steroid dienone is 1. The summed E-state index contributed by atoms with van der Waals surface area (Å²) in [6.45, 7) is 5.28. The molecule has 0 aliphatic carbocycles. The fraction of sp³-hybridized carbons (Fsp3) is 0.391. The lowest BCUT2D eigenvalue weighted by Crippen LogP contribution is -2.00. The second-order valence-electron chi connectivity index (χ2n) is 6.79. The van der Waals surface area contributed by atoms with Crippen molar-refractivity contribution < 1.29 is 0 Å². The first-order chi connectivity index (χ1) is 11.7. The van der Waals surface area contributed by atoms with E-state index in [1.165, 1.54) is 28.7 Å². The molecular weight excluding hydrogens is 290 g/mol. The van der Waals surface area contributed by atoms with Gasteiger partial charge in [-0.3, -0.25) is 0 Å². The van der Waals surface area contributed by atoms with Crippen molar-refractivity contribution in [3.8, 4) is 0 Å². The van der Waals surface area contributed by atoms with Crippen LogP contribution in [0.2, 0.25) is 0 Å². The average molecular weight is 322 g/mol. The van der Waals surface area contributed by atoms with E-state index in [0.717, 1.165) is 32.2 Å². The summed E-state index contributed by atoms with van der Waals surface area (Å²) < 4.78 is 0. The Morgan fingerprint density at radius 2 is 1.62 bits per heavy atom. The number of aryl methyl sites for hydroxylation is 2. The van der Waals surface area contributed by atoms with Crippen LogP contribution < -0.4 is 5.73 Å². The molecular formula is C23H31N. The molecule has 0 radical (unpaired) electrons. The predicted molar refractivity (Wildman–Crippen MR) is 106 cm³/mol. The molecule has 0 aliphatic rings. The van der Waals surface area contributed by atoms with Gasteiger partial charge in [0.15, 0.2) is 0 Å². The zero-order valence-electron chi connectivity index (χ0n) is 15.2. The maximum absolute atomic E-state index is 5.60. The minimum Gasteiger partial charge on any atom is -0.330 e. The Kier molecular flexibility index (Phi) is 7.77. The second-order valence-corrected chi connectivity index (χ2v) is 6.79. The Bertz CT molecular complexity index is 640. The van der Waals surface area contributed by atoms with E-state index in [4.69, 9.17) is 5.73 Å². The summed E-state index contributed by atoms with van der Waals surface area (Å²) in [7, 11) is 0. The van der Waals surface area contributed by atoms with E-state index in [2.05, 4.69) is 74.5 Å². The van der Waals surface area contributed by atoms with Gasteiger partial charge in [-0.05, 0) is 66.8 Å². The highest BCUT2D eigenvalue weighted by atomic mass is 14.5. The third-order valence-electron chi connectivity index (χ3n) is 4.41. The lowest BCUT2D eigenvalue weighted by Gasteiger charge is -2.09. The molecule has 24 heavy (non-hydrogen) atoms. The van der Waals surface area contributed by atoms with Crippen molar-refractivity contribution in [1.29, 1.82) is 0 Å². The monoisotopic (exact) mass is 321 g/mol. The van der Waals surface area contributed by atoms with E-state index in [1.807, 2.05) is 0 Å². The average Bonchev–Trinajstić information content (AvgIpc) is 2.60. The molecule has 0 saturated carbocycles. The van der Waals surface area contributed by atoms with Gasteiger partial charge < -0.3 is 5.73 Å². The normalized spacial score (nSPS) is 11.5. The van der Waals surface area contributed by atoms with Crippen LogP contribution in [0.3, 0.4) is 0 Å². The molecule has 0 heterocycles. The van der Waals surface area contributed by atoms with Crippen LogP contribution in [0.15, 0.2) is 54.6 Å². The van der Waals surface area contributed by atoms with Gasteiger partial charge in [-0.2, -0.15) is 0 Å². The van der Waals surface area contributed by atoms with E-state index >= 15 is 0 Å². The molecule has 0 amide bonds. The number of nitrogens with two attached hydrogens (primary N) is 1. The highest BCUT2D eigenvalue weighted by molar-refractivity contribution is 5.54. The zero-order valence-corrected chi connectivity index (χ0v) is 15.2. The minimum atomic E-state index is 0.571. The van der Waals surface area contributed by atoms with Crippen molar-refractivity contribution in [1.82, 2.24) is 0 Å². The number of benzene rings is 2. The van der Waals surface area contributed by atoms with Crippen LogP contribution in [0, 0.1) is 0 Å². The van der Waals surface area contributed by atoms with E-state index in [-0.39, 0.29) is 0 Å². The molecule has 2 aromatic carbocycles. The van der Waals surface area contributed by atoms with Gasteiger partial charge in [0, 0.05) is 0 Å². The molecule has 0 saturated heterocycles. The summed E-state index contributed by atoms with van der Waals surface area (Å²) in [5, 5.41) is 0. The van der Waals surface area contributed by atoms with Gasteiger partial charge >= 0.3 is 0 Å². The standard InChI is InChI=1S/C23H31N/c1-19(2)23-16-7-6-15-22(23)14-5-3-4-10-20-11-8-12-21(18-20)13-9-17-24/h5-8,11-12,14-16,18-19H,3-4,9-10,13,17,24H2,1-2H3/b14-5-. The molecule has 0 atom stereocenters. The molecule has 1 heteroatoms. The van der Waals surface area contributed by atoms with Crippen LogP contribution in [0.5, 0.6) is 0 Å². The van der Waals surface area contributed by atoms with Crippen LogP contribution in [0.25, 0.3) is 6.08 Å². The lowest BCUT2D eigenvalue weighted by atomic mass is 9.96. The van der Waals surface area contributed by atoms with Gasteiger partial charge in [0.25, 0.3) is 0 Å². The Morgan fingerprint density at radius 3 is 2.33 bits per heavy atom. The summed E-state index contributed by atoms with van der Waals surface area (Å²) in [6.07, 6.45) is 10.2. The number of hydrogen-bond donors (Lipinski definition) is 1. The molecule has 0 spiro atoms. The SMILES string of the molecule is CC(C)c1ccccc1/C=C\CCCc1cccc(CCCN)c1. The third kappa shape index (κ3) is 5.98. The zero-order chi connectivity index (χ0) is 17.2. The lowest BCUT2D eigenvalue weighted by molar-refractivity contribution is 0.820. The first-order valence-corrected chi connectivity index (χ1v) is 9.24. The van der Waals surface area contributed by atoms with E-state index in [9.17, 15) is 0 Å². The van der Waals surface area contributed by atoms with Gasteiger partial charge in [-0.25, -0.2) is 0 Å². The molecule has 1 nitrogen and oxygen atoms in total. The topological polar surface area (TPSA) is 26.0 Å². The van der Waals surface area contributed by atoms with E-state index in [1.54, 1.807) is 0 Å². The summed E-state index contributed by atoms with van der Waals surface area (Å²) in [5.74, 6) is 0.571. The van der Waals surface area contributed by atoms with Crippen molar-refractivity contribution >= 4 is 6.08 Å². The highest BCUT2D eigenvalue weighted by Crippen LogP contribution is 2.20. The smallest absolute Gasteiger partial charge is 0.00741 e. The fourth-order valence-corrected chi connectivity index (χ4v) is 3.07. The van der Waals surface area contributed by atoms with Gasteiger partial charge in [0.2, 0.25) is 0 Å². The number of hydrogen-bond acceptors (Lipinski definition) is 1. The molecule has 2 N–H and O–H groups in total. The van der Waals surface area contributed by atoms with Crippen LogP contribution in [0.1, 0.15) is 61.3 Å². The summed E-state index contributed by atoms with van der Waals surface area (Å²) >= 11 is 0. The maximum Gasteiger partial charge on any atom is -0.00741 e. The van der Waals surface area contributed by atoms with Gasteiger partial charge in [0.05, 0.1) is 0 Å². The Labute approximate surface area is 147 Å². The van der Waals surface area contributed by atoms with Gasteiger partial charge in [-0.1, -0.05) is 74.5 Å². The first kappa shape index (κ1) is 18.5. The molecule has 0 aromatic heterocycles. The van der Waals surface area contributed by atoms with E-state index < -0.39 is 0 Å². The van der Waals surface area contributed by atoms with Crippen LogP contribution in [0.4, 0.5) is 0 Å². The summed E-state index contributed by atoms with van der Waals surface area (Å²) in [5.41, 5.74) is 11.2. The second kappa shape index (κ2) is 10.1. The molecule has 128 valence electrons. The maximum atomic E-state index is 5.60. The van der Waals surface area contributed by atoms with Crippen molar-refractivity contribution in [2.75, 3.05) is 6.54 Å². The minimum absolute atomic E-state index is 0.571. The van der Waals surface area contributed by atoms with Crippen molar-refractivity contribution in [3.63, 3.8) is 0 Å². The third-order valence-corrected chi connectivity index (χ3v) is 4.41. The summed E-state index contributed by atoms with van der Waals surface area (Å²) in [4.78, 5) is 0. The first-order valence-electron chi connectivity index (χ1n) is 9.24.